The van der Waals surface area contributed by atoms with Gasteiger partial charge in [0.25, 0.3) is 0 Å². The van der Waals surface area contributed by atoms with Crippen molar-refractivity contribution in [2.45, 2.75) is 13.1 Å². The summed E-state index contributed by atoms with van der Waals surface area (Å²) in [6.45, 7) is 2.73. The highest BCUT2D eigenvalue weighted by Gasteiger charge is 2.15. The van der Waals surface area contributed by atoms with Crippen molar-refractivity contribution in [3.63, 3.8) is 0 Å². The summed E-state index contributed by atoms with van der Waals surface area (Å²) in [4.78, 5) is 11.4. The van der Waals surface area contributed by atoms with Crippen LogP contribution in [0.2, 0.25) is 0 Å². The molecule has 0 bridgehead atoms. The third-order valence-corrected chi connectivity index (χ3v) is 3.26. The quantitative estimate of drug-likeness (QED) is 0.871. The van der Waals surface area contributed by atoms with Gasteiger partial charge in [-0.1, -0.05) is 15.9 Å². The van der Waals surface area contributed by atoms with Crippen molar-refractivity contribution in [1.29, 1.82) is 0 Å². The Morgan fingerprint density at radius 3 is 3.21 bits per heavy atom. The van der Waals surface area contributed by atoms with Crippen LogP contribution in [0.1, 0.15) is 11.1 Å². The van der Waals surface area contributed by atoms with Crippen LogP contribution in [-0.2, 0) is 22.6 Å². The summed E-state index contributed by atoms with van der Waals surface area (Å²) < 4.78 is 11.5. The van der Waals surface area contributed by atoms with Gasteiger partial charge in [0.1, 0.15) is 19.0 Å². The first-order valence-corrected chi connectivity index (χ1v) is 6.90. The zero-order valence-corrected chi connectivity index (χ0v) is 12.4. The van der Waals surface area contributed by atoms with E-state index >= 15 is 0 Å². The molecule has 0 aliphatic carbocycles. The van der Waals surface area contributed by atoms with Gasteiger partial charge in [0.2, 0.25) is 5.91 Å². The molecule has 1 aliphatic heterocycles. The Labute approximate surface area is 120 Å². The van der Waals surface area contributed by atoms with Gasteiger partial charge < -0.3 is 20.1 Å². The monoisotopic (exact) mass is 328 g/mol. The number of rotatable bonds is 4. The Bertz CT molecular complexity index is 465. The molecule has 0 atom stereocenters. The molecule has 0 unspecified atom stereocenters. The molecule has 2 N–H and O–H groups in total. The molecule has 0 spiro atoms. The van der Waals surface area contributed by atoms with Crippen molar-refractivity contribution < 1.29 is 14.3 Å². The topological polar surface area (TPSA) is 59.6 Å². The van der Waals surface area contributed by atoms with Gasteiger partial charge in [0, 0.05) is 42.3 Å². The third-order valence-electron chi connectivity index (χ3n) is 2.80. The molecule has 19 heavy (non-hydrogen) atoms. The van der Waals surface area contributed by atoms with E-state index in [1.165, 1.54) is 7.11 Å². The van der Waals surface area contributed by atoms with Gasteiger partial charge in [-0.25, -0.2) is 0 Å². The summed E-state index contributed by atoms with van der Waals surface area (Å²) in [5.41, 5.74) is 2.07. The summed E-state index contributed by atoms with van der Waals surface area (Å²) in [6.07, 6.45) is 0. The lowest BCUT2D eigenvalue weighted by molar-refractivity contribution is -0.124. The van der Waals surface area contributed by atoms with Crippen LogP contribution in [-0.4, -0.2) is 32.8 Å². The van der Waals surface area contributed by atoms with Crippen LogP contribution in [0.4, 0.5) is 0 Å². The molecule has 0 saturated carbocycles. The molecule has 6 heteroatoms. The van der Waals surface area contributed by atoms with E-state index in [-0.39, 0.29) is 12.5 Å². The fourth-order valence-electron chi connectivity index (χ4n) is 1.98. The zero-order chi connectivity index (χ0) is 13.7. The van der Waals surface area contributed by atoms with Crippen molar-refractivity contribution in [2.75, 3.05) is 26.9 Å². The van der Waals surface area contributed by atoms with Crippen LogP contribution < -0.4 is 15.4 Å². The SMILES string of the molecule is COCC(=O)NCc1cc(Br)cc2c1OCCNC2. The van der Waals surface area contributed by atoms with Gasteiger partial charge in [0.15, 0.2) is 0 Å². The number of nitrogens with one attached hydrogen (secondary N) is 2. The molecule has 104 valence electrons. The van der Waals surface area contributed by atoms with E-state index < -0.39 is 0 Å². The summed E-state index contributed by atoms with van der Waals surface area (Å²) in [7, 11) is 1.50. The molecule has 5 nitrogen and oxygen atoms in total. The number of fused-ring (bicyclic) bond motifs is 1. The number of halogens is 1. The first-order chi connectivity index (χ1) is 9.20. The maximum absolute atomic E-state index is 11.4. The Balaban J connectivity index is 2.15. The molecule has 0 fully saturated rings. The van der Waals surface area contributed by atoms with Gasteiger partial charge in [-0.2, -0.15) is 0 Å². The van der Waals surface area contributed by atoms with Gasteiger partial charge in [-0.05, 0) is 12.1 Å². The number of hydrogen-bond acceptors (Lipinski definition) is 4. The molecule has 1 aliphatic rings. The largest absolute Gasteiger partial charge is 0.492 e. The number of hydrogen-bond donors (Lipinski definition) is 2. The summed E-state index contributed by atoms with van der Waals surface area (Å²) in [5.74, 6) is 0.730. The molecule has 0 aromatic heterocycles. The number of benzene rings is 1. The summed E-state index contributed by atoms with van der Waals surface area (Å²) >= 11 is 3.48. The average Bonchev–Trinajstić information content (AvgIpc) is 2.61. The smallest absolute Gasteiger partial charge is 0.246 e. The van der Waals surface area contributed by atoms with Crippen molar-refractivity contribution in [1.82, 2.24) is 10.6 Å². The molecule has 0 radical (unpaired) electrons. The van der Waals surface area contributed by atoms with E-state index in [4.69, 9.17) is 9.47 Å². The number of carbonyl (C=O) groups is 1. The van der Waals surface area contributed by atoms with Crippen LogP contribution in [0.5, 0.6) is 5.75 Å². The van der Waals surface area contributed by atoms with E-state index in [0.29, 0.717) is 13.2 Å². The molecule has 0 saturated heterocycles. The van der Waals surface area contributed by atoms with Crippen molar-refractivity contribution in [2.24, 2.45) is 0 Å². The van der Waals surface area contributed by atoms with Gasteiger partial charge >= 0.3 is 0 Å². The summed E-state index contributed by atoms with van der Waals surface area (Å²) in [6, 6.07) is 4.01. The van der Waals surface area contributed by atoms with Gasteiger partial charge in [-0.15, -0.1) is 0 Å². The molecule has 2 rings (SSSR count). The molecular weight excluding hydrogens is 312 g/mol. The minimum atomic E-state index is -0.136. The predicted molar refractivity (Wildman–Crippen MR) is 75.1 cm³/mol. The minimum Gasteiger partial charge on any atom is -0.492 e. The first kappa shape index (κ1) is 14.3. The average molecular weight is 329 g/mol. The van der Waals surface area contributed by atoms with Crippen LogP contribution in [0.15, 0.2) is 16.6 Å². The van der Waals surface area contributed by atoms with E-state index in [1.54, 1.807) is 0 Å². The molecule has 1 aromatic carbocycles. The standard InChI is InChI=1S/C13H17BrN2O3/c1-18-8-12(17)16-7-10-5-11(14)4-9-6-15-2-3-19-13(9)10/h4-5,15H,2-3,6-8H2,1H3,(H,16,17). The Hall–Kier alpha value is -1.11. The molecule has 1 amide bonds. The predicted octanol–water partition coefficient (Wildman–Crippen LogP) is 1.19. The normalized spacial score (nSPS) is 14.2. The third kappa shape index (κ3) is 3.92. The Morgan fingerprint density at radius 2 is 2.42 bits per heavy atom. The number of ether oxygens (including phenoxy) is 2. The van der Waals surface area contributed by atoms with E-state index in [0.717, 1.165) is 34.4 Å². The fraction of sp³-hybridized carbons (Fsp3) is 0.462. The fourth-order valence-corrected chi connectivity index (χ4v) is 2.54. The highest BCUT2D eigenvalue weighted by atomic mass is 79.9. The maximum Gasteiger partial charge on any atom is 0.246 e. The van der Waals surface area contributed by atoms with Gasteiger partial charge in [-0.3, -0.25) is 4.79 Å². The number of carbonyl (C=O) groups excluding carboxylic acids is 1. The highest BCUT2D eigenvalue weighted by Crippen LogP contribution is 2.29. The number of methoxy groups -OCH3 is 1. The second kappa shape index (κ2) is 6.88. The second-order valence-electron chi connectivity index (χ2n) is 4.29. The Morgan fingerprint density at radius 1 is 1.58 bits per heavy atom. The van der Waals surface area contributed by atoms with E-state index in [1.807, 2.05) is 12.1 Å². The minimum absolute atomic E-state index is 0.0681. The maximum atomic E-state index is 11.4. The first-order valence-electron chi connectivity index (χ1n) is 6.11. The van der Waals surface area contributed by atoms with Crippen molar-refractivity contribution >= 4 is 21.8 Å². The zero-order valence-electron chi connectivity index (χ0n) is 10.8. The Kier molecular flexibility index (Phi) is 5.18. The van der Waals surface area contributed by atoms with Crippen LogP contribution in [0, 0.1) is 0 Å². The van der Waals surface area contributed by atoms with Gasteiger partial charge in [0.05, 0.1) is 0 Å². The lowest BCUT2D eigenvalue weighted by Gasteiger charge is -2.14. The molecular formula is C13H17BrN2O3. The second-order valence-corrected chi connectivity index (χ2v) is 5.20. The van der Waals surface area contributed by atoms with Crippen LogP contribution in [0.3, 0.4) is 0 Å². The van der Waals surface area contributed by atoms with Crippen LogP contribution in [0.25, 0.3) is 0 Å². The van der Waals surface area contributed by atoms with Crippen molar-refractivity contribution in [3.8, 4) is 5.75 Å². The summed E-state index contributed by atoms with van der Waals surface area (Å²) in [5, 5.41) is 6.10. The van der Waals surface area contributed by atoms with E-state index in [2.05, 4.69) is 26.6 Å². The van der Waals surface area contributed by atoms with Crippen molar-refractivity contribution in [3.05, 3.63) is 27.7 Å². The van der Waals surface area contributed by atoms with E-state index in [9.17, 15) is 4.79 Å². The lowest BCUT2D eigenvalue weighted by atomic mass is 10.1. The number of amides is 1. The van der Waals surface area contributed by atoms with Crippen LogP contribution >= 0.6 is 15.9 Å². The molecule has 1 aromatic rings. The highest BCUT2D eigenvalue weighted by molar-refractivity contribution is 9.10. The molecule has 1 heterocycles. The lowest BCUT2D eigenvalue weighted by Crippen LogP contribution is -2.26.